The van der Waals surface area contributed by atoms with Crippen LogP contribution in [0.5, 0.6) is 23.0 Å². The van der Waals surface area contributed by atoms with Gasteiger partial charge in [-0.1, -0.05) is 84.9 Å². The maximum atomic E-state index is 14.0. The van der Waals surface area contributed by atoms with Gasteiger partial charge in [-0.05, 0) is 64.7 Å². The number of rotatable bonds is 15. The largest absolute Gasteiger partial charge is 0.493 e. The van der Waals surface area contributed by atoms with E-state index in [9.17, 15) is 14.4 Å². The molecule has 8 heteroatoms. The second-order valence-electron chi connectivity index (χ2n) is 10.3. The highest BCUT2D eigenvalue weighted by molar-refractivity contribution is 6.14. The van der Waals surface area contributed by atoms with Gasteiger partial charge in [-0.15, -0.1) is 0 Å². The van der Waals surface area contributed by atoms with Gasteiger partial charge in [0.15, 0.2) is 34.6 Å². The lowest BCUT2D eigenvalue weighted by Gasteiger charge is -2.25. The van der Waals surface area contributed by atoms with Crippen LogP contribution in [0.4, 0.5) is 0 Å². The molecule has 0 bridgehead atoms. The Bertz CT molecular complexity index is 1680. The normalized spacial score (nSPS) is 12.5. The number of ketones is 2. The molecule has 8 nitrogen and oxygen atoms in total. The molecule has 0 aromatic heterocycles. The summed E-state index contributed by atoms with van der Waals surface area (Å²) >= 11 is 0. The molecular formula is C39H37NO7. The van der Waals surface area contributed by atoms with Gasteiger partial charge in [-0.2, -0.15) is 0 Å². The first kappa shape index (κ1) is 34.0. The lowest BCUT2D eigenvalue weighted by molar-refractivity contribution is -0.129. The number of hydrogen-bond acceptors (Lipinski definition) is 7. The molecule has 1 N–H and O–H groups in total. The first-order chi connectivity index (χ1) is 22.9. The molecule has 4 aromatic carbocycles. The summed E-state index contributed by atoms with van der Waals surface area (Å²) in [7, 11) is 6.12. The Morgan fingerprint density at radius 1 is 0.532 bits per heavy atom. The molecule has 0 aliphatic heterocycles. The number of carbonyl (C=O) groups excluding carboxylic acids is 3. The van der Waals surface area contributed by atoms with Crippen LogP contribution >= 0.6 is 0 Å². The summed E-state index contributed by atoms with van der Waals surface area (Å²) < 4.78 is 21.4. The van der Waals surface area contributed by atoms with Crippen LogP contribution in [0.3, 0.4) is 0 Å². The minimum Gasteiger partial charge on any atom is -0.493 e. The van der Waals surface area contributed by atoms with Crippen LogP contribution in [-0.2, 0) is 14.4 Å². The molecule has 0 heterocycles. The van der Waals surface area contributed by atoms with E-state index in [4.69, 9.17) is 18.9 Å². The van der Waals surface area contributed by atoms with Crippen LogP contribution in [-0.4, -0.2) is 45.9 Å². The number of methoxy groups -OCH3 is 4. The van der Waals surface area contributed by atoms with Gasteiger partial charge in [0.05, 0.1) is 34.5 Å². The van der Waals surface area contributed by atoms with E-state index >= 15 is 0 Å². The minimum atomic E-state index is -1.29. The average Bonchev–Trinajstić information content (AvgIpc) is 3.12. The van der Waals surface area contributed by atoms with Gasteiger partial charge < -0.3 is 24.3 Å². The number of allylic oxidation sites excluding steroid dienone is 2. The van der Waals surface area contributed by atoms with Crippen molar-refractivity contribution in [3.8, 4) is 23.0 Å². The molecule has 4 aromatic rings. The van der Waals surface area contributed by atoms with Crippen LogP contribution < -0.4 is 24.3 Å². The molecule has 0 saturated heterocycles. The van der Waals surface area contributed by atoms with Crippen molar-refractivity contribution < 1.29 is 33.3 Å². The van der Waals surface area contributed by atoms with Crippen molar-refractivity contribution in [2.75, 3.05) is 28.4 Å². The van der Waals surface area contributed by atoms with Gasteiger partial charge in [-0.3, -0.25) is 14.4 Å². The third-order valence-electron chi connectivity index (χ3n) is 7.32. The monoisotopic (exact) mass is 631 g/mol. The fourth-order valence-corrected chi connectivity index (χ4v) is 4.90. The third kappa shape index (κ3) is 9.31. The van der Waals surface area contributed by atoms with Gasteiger partial charge >= 0.3 is 0 Å². The zero-order chi connectivity index (χ0) is 33.6. The fraction of sp³-hybridized carbons (Fsp3) is 0.154. The van der Waals surface area contributed by atoms with Crippen molar-refractivity contribution in [3.05, 3.63) is 138 Å². The van der Waals surface area contributed by atoms with E-state index in [1.807, 2.05) is 36.4 Å². The molecule has 1 amide bonds. The molecule has 4 rings (SSSR count). The van der Waals surface area contributed by atoms with E-state index in [0.717, 1.165) is 5.56 Å². The predicted molar refractivity (Wildman–Crippen MR) is 183 cm³/mol. The van der Waals surface area contributed by atoms with Gasteiger partial charge in [0.1, 0.15) is 5.92 Å². The first-order valence-electron chi connectivity index (χ1n) is 14.8. The van der Waals surface area contributed by atoms with Gasteiger partial charge in [0.25, 0.3) is 0 Å². The first-order valence-corrected chi connectivity index (χ1v) is 14.8. The summed E-state index contributed by atoms with van der Waals surface area (Å²) in [5.41, 5.74) is 2.75. The molecule has 0 radical (unpaired) electrons. The van der Waals surface area contributed by atoms with Gasteiger partial charge in [0, 0.05) is 6.08 Å². The quantitative estimate of drug-likeness (QED) is 0.114. The number of benzene rings is 4. The summed E-state index contributed by atoms with van der Waals surface area (Å²) in [5, 5.41) is 2.92. The summed E-state index contributed by atoms with van der Waals surface area (Å²) in [6.45, 7) is 0. The van der Waals surface area contributed by atoms with E-state index in [1.54, 1.807) is 78.9 Å². The molecule has 1 atom stereocenters. The summed E-state index contributed by atoms with van der Waals surface area (Å²) in [4.78, 5) is 41.3. The Balaban J connectivity index is 1.72. The number of carbonyl (C=O) groups is 3. The van der Waals surface area contributed by atoms with Crippen LogP contribution in [0.2, 0.25) is 0 Å². The van der Waals surface area contributed by atoms with Crippen LogP contribution in [0.15, 0.2) is 115 Å². The van der Waals surface area contributed by atoms with Crippen molar-refractivity contribution >= 4 is 35.7 Å². The Morgan fingerprint density at radius 3 is 1.45 bits per heavy atom. The highest BCUT2D eigenvalue weighted by atomic mass is 16.5. The molecule has 0 aliphatic carbocycles. The zero-order valence-electron chi connectivity index (χ0n) is 26.7. The van der Waals surface area contributed by atoms with Crippen LogP contribution in [0.25, 0.3) is 18.2 Å². The van der Waals surface area contributed by atoms with Crippen LogP contribution in [0, 0.1) is 5.92 Å². The topological polar surface area (TPSA) is 100 Å². The fourth-order valence-electron chi connectivity index (χ4n) is 4.90. The third-order valence-corrected chi connectivity index (χ3v) is 7.32. The summed E-state index contributed by atoms with van der Waals surface area (Å²) in [6, 6.07) is 27.8. The number of hydrogen-bond donors (Lipinski definition) is 1. The van der Waals surface area contributed by atoms with Crippen molar-refractivity contribution in [2.45, 2.75) is 6.04 Å². The lowest BCUT2D eigenvalue weighted by atomic mass is 9.85. The number of amides is 1. The maximum Gasteiger partial charge on any atom is 0.244 e. The Labute approximate surface area is 274 Å². The zero-order valence-corrected chi connectivity index (χ0v) is 26.7. The Kier molecular flexibility index (Phi) is 12.3. The van der Waals surface area contributed by atoms with Crippen molar-refractivity contribution in [1.29, 1.82) is 0 Å². The standard InChI is InChI=1S/C39H37NO7/c1-44-33-22-17-28(25-35(33)46-3)15-20-31(41)38(32(42)21-16-29-18-23-34(45-2)36(26-29)47-4)39(30-13-9-6-10-14-30)40-37(43)24-19-27-11-7-5-8-12-27/h5-26,38-39H,1-4H3,(H,40,43). The summed E-state index contributed by atoms with van der Waals surface area (Å²) in [6.07, 6.45) is 8.94. The maximum absolute atomic E-state index is 14.0. The molecule has 0 saturated carbocycles. The Morgan fingerprint density at radius 2 is 0.979 bits per heavy atom. The minimum absolute atomic E-state index is 0.457. The van der Waals surface area contributed by atoms with E-state index in [2.05, 4.69) is 5.32 Å². The highest BCUT2D eigenvalue weighted by Crippen LogP contribution is 2.30. The molecule has 0 fully saturated rings. The predicted octanol–water partition coefficient (Wildman–Crippen LogP) is 6.77. The molecule has 240 valence electrons. The smallest absolute Gasteiger partial charge is 0.244 e. The van der Waals surface area contributed by atoms with Gasteiger partial charge in [-0.25, -0.2) is 0 Å². The van der Waals surface area contributed by atoms with E-state index in [0.29, 0.717) is 39.7 Å². The molecule has 47 heavy (non-hydrogen) atoms. The highest BCUT2D eigenvalue weighted by Gasteiger charge is 2.34. The second kappa shape index (κ2) is 17.0. The van der Waals surface area contributed by atoms with E-state index in [-0.39, 0.29) is 0 Å². The SMILES string of the molecule is COc1ccc(C=CC(=O)C(C(=O)C=Cc2ccc(OC)c(OC)c2)C(NC(=O)C=Cc2ccccc2)c2ccccc2)cc1OC. The average molecular weight is 632 g/mol. The van der Waals surface area contributed by atoms with Crippen molar-refractivity contribution in [1.82, 2.24) is 5.32 Å². The Hall–Kier alpha value is -5.89. The van der Waals surface area contributed by atoms with Crippen molar-refractivity contribution in [3.63, 3.8) is 0 Å². The lowest BCUT2D eigenvalue weighted by Crippen LogP contribution is -2.39. The van der Waals surface area contributed by atoms with Gasteiger partial charge in [0.2, 0.25) is 5.91 Å². The molecule has 1 unspecified atom stereocenters. The van der Waals surface area contributed by atoms with Crippen molar-refractivity contribution in [2.24, 2.45) is 5.92 Å². The van der Waals surface area contributed by atoms with E-state index in [1.165, 1.54) is 46.7 Å². The molecule has 0 spiro atoms. The summed E-state index contributed by atoms with van der Waals surface area (Å²) in [5.74, 6) is -0.676. The van der Waals surface area contributed by atoms with Crippen LogP contribution in [0.1, 0.15) is 28.3 Å². The molecular weight excluding hydrogens is 594 g/mol. The van der Waals surface area contributed by atoms with E-state index < -0.39 is 29.4 Å². The second-order valence-corrected chi connectivity index (χ2v) is 10.3. The number of nitrogens with one attached hydrogen (secondary N) is 1. The number of ether oxygens (including phenoxy) is 4. The molecule has 0 aliphatic rings.